The van der Waals surface area contributed by atoms with Crippen LogP contribution in [0.4, 0.5) is 0 Å². The van der Waals surface area contributed by atoms with Crippen LogP contribution < -0.4 is 0 Å². The molecule has 1 aromatic carbocycles. The summed E-state index contributed by atoms with van der Waals surface area (Å²) in [4.78, 5) is 11.0. The van der Waals surface area contributed by atoms with Crippen LogP contribution >= 0.6 is 11.8 Å². The Kier molecular flexibility index (Phi) is 5.07. The molecule has 1 unspecified atom stereocenters. The summed E-state index contributed by atoms with van der Waals surface area (Å²) in [6, 6.07) is 6.63. The van der Waals surface area contributed by atoms with Gasteiger partial charge in [0.2, 0.25) is 0 Å². The minimum Gasteiger partial charge on any atom is -0.300 e. The Bertz CT molecular complexity index is 351. The van der Waals surface area contributed by atoms with Crippen LogP contribution in [0.25, 0.3) is 0 Å². The molecule has 0 spiro atoms. The number of ketones is 1. The van der Waals surface area contributed by atoms with E-state index >= 15 is 0 Å². The molecule has 0 saturated carbocycles. The number of benzene rings is 1. The summed E-state index contributed by atoms with van der Waals surface area (Å²) in [5.41, 5.74) is 3.99. The Morgan fingerprint density at radius 3 is 2.31 bits per heavy atom. The van der Waals surface area contributed by atoms with Crippen molar-refractivity contribution in [1.82, 2.24) is 0 Å². The third-order valence-corrected chi connectivity index (χ3v) is 3.63. The molecule has 1 nitrogen and oxygen atoms in total. The summed E-state index contributed by atoms with van der Waals surface area (Å²) >= 11 is 1.85. The van der Waals surface area contributed by atoms with Crippen molar-refractivity contribution in [2.45, 2.75) is 45.1 Å². The molecule has 0 aromatic heterocycles. The van der Waals surface area contributed by atoms with E-state index in [0.717, 1.165) is 5.75 Å². The van der Waals surface area contributed by atoms with Gasteiger partial charge in [-0.05, 0) is 26.3 Å². The van der Waals surface area contributed by atoms with Crippen LogP contribution in [-0.2, 0) is 10.5 Å². The largest absolute Gasteiger partial charge is 0.300 e. The third-order valence-electron chi connectivity index (χ3n) is 2.39. The maximum absolute atomic E-state index is 11.0. The van der Waals surface area contributed by atoms with Gasteiger partial charge in [0.25, 0.3) is 0 Å². The topological polar surface area (TPSA) is 17.1 Å². The molecule has 0 fully saturated rings. The minimum atomic E-state index is 0.278. The molecule has 1 atom stereocenters. The van der Waals surface area contributed by atoms with Gasteiger partial charge in [-0.1, -0.05) is 36.2 Å². The van der Waals surface area contributed by atoms with Crippen molar-refractivity contribution in [3.05, 3.63) is 34.9 Å². The lowest BCUT2D eigenvalue weighted by molar-refractivity contribution is -0.116. The van der Waals surface area contributed by atoms with E-state index in [1.54, 1.807) is 6.92 Å². The molecule has 0 heterocycles. The lowest BCUT2D eigenvalue weighted by atomic mass is 10.1. The zero-order valence-electron chi connectivity index (χ0n) is 10.5. The van der Waals surface area contributed by atoms with Gasteiger partial charge >= 0.3 is 0 Å². The van der Waals surface area contributed by atoms with E-state index in [1.807, 2.05) is 11.8 Å². The number of Topliss-reactive ketones (excluding diaryl/α,β-unsaturated/α-hetero) is 1. The fraction of sp³-hybridized carbons (Fsp3) is 0.500. The molecule has 0 radical (unpaired) electrons. The predicted octanol–water partition coefficient (Wildman–Crippen LogP) is 3.90. The van der Waals surface area contributed by atoms with Crippen LogP contribution in [0.1, 0.15) is 37.0 Å². The monoisotopic (exact) mass is 236 g/mol. The fourth-order valence-electron chi connectivity index (χ4n) is 1.85. The number of carbonyl (C=O) groups is 1. The number of thioether (sulfide) groups is 1. The van der Waals surface area contributed by atoms with Crippen molar-refractivity contribution in [3.63, 3.8) is 0 Å². The van der Waals surface area contributed by atoms with Crippen LogP contribution in [0, 0.1) is 13.8 Å². The molecule has 0 aliphatic carbocycles. The number of hydrogen-bond acceptors (Lipinski definition) is 2. The molecule has 88 valence electrons. The van der Waals surface area contributed by atoms with Crippen LogP contribution in [0.15, 0.2) is 18.2 Å². The second-order valence-corrected chi connectivity index (χ2v) is 5.95. The highest BCUT2D eigenvalue weighted by Crippen LogP contribution is 2.21. The van der Waals surface area contributed by atoms with Gasteiger partial charge in [-0.3, -0.25) is 4.79 Å². The van der Waals surface area contributed by atoms with Gasteiger partial charge in [0, 0.05) is 17.4 Å². The lowest BCUT2D eigenvalue weighted by Crippen LogP contribution is -2.03. The predicted molar refractivity (Wildman–Crippen MR) is 72.0 cm³/mol. The second-order valence-electron chi connectivity index (χ2n) is 4.52. The Balaban J connectivity index is 2.51. The lowest BCUT2D eigenvalue weighted by Gasteiger charge is -2.10. The van der Waals surface area contributed by atoms with Gasteiger partial charge in [0.05, 0.1) is 0 Å². The Morgan fingerprint density at radius 2 is 1.81 bits per heavy atom. The average molecular weight is 236 g/mol. The number of rotatable bonds is 5. The summed E-state index contributed by atoms with van der Waals surface area (Å²) in [5, 5.41) is 0.415. The highest BCUT2D eigenvalue weighted by atomic mass is 32.2. The Morgan fingerprint density at radius 1 is 1.25 bits per heavy atom. The van der Waals surface area contributed by atoms with Crippen LogP contribution in [0.2, 0.25) is 0 Å². The van der Waals surface area contributed by atoms with Gasteiger partial charge in [-0.15, -0.1) is 0 Å². The first-order chi connectivity index (χ1) is 7.47. The van der Waals surface area contributed by atoms with Crippen molar-refractivity contribution < 1.29 is 4.79 Å². The quantitative estimate of drug-likeness (QED) is 0.771. The molecule has 0 saturated heterocycles. The molecule has 1 rings (SSSR count). The fourth-order valence-corrected chi connectivity index (χ4v) is 2.85. The molecule has 16 heavy (non-hydrogen) atoms. The van der Waals surface area contributed by atoms with Gasteiger partial charge in [-0.2, -0.15) is 11.8 Å². The SMILES string of the molecule is CC(=O)CC(C)SCc1cc(C)cc(C)c1. The number of hydrogen-bond donors (Lipinski definition) is 0. The summed E-state index contributed by atoms with van der Waals surface area (Å²) in [7, 11) is 0. The summed E-state index contributed by atoms with van der Waals surface area (Å²) in [6.07, 6.45) is 0.676. The van der Waals surface area contributed by atoms with Crippen molar-refractivity contribution in [2.24, 2.45) is 0 Å². The van der Waals surface area contributed by atoms with E-state index < -0.39 is 0 Å². The summed E-state index contributed by atoms with van der Waals surface area (Å²) in [5.74, 6) is 1.28. The number of carbonyl (C=O) groups excluding carboxylic acids is 1. The van der Waals surface area contributed by atoms with Crippen molar-refractivity contribution >= 4 is 17.5 Å². The normalized spacial score (nSPS) is 12.5. The van der Waals surface area contributed by atoms with Gasteiger partial charge < -0.3 is 0 Å². The molecule has 2 heteroatoms. The van der Waals surface area contributed by atoms with Crippen LogP contribution in [0.5, 0.6) is 0 Å². The second kappa shape index (κ2) is 6.09. The smallest absolute Gasteiger partial charge is 0.130 e. The number of aryl methyl sites for hydroxylation is 2. The highest BCUT2D eigenvalue weighted by molar-refractivity contribution is 7.99. The molecule has 1 aromatic rings. The van der Waals surface area contributed by atoms with E-state index in [-0.39, 0.29) is 5.78 Å². The van der Waals surface area contributed by atoms with E-state index in [1.165, 1.54) is 16.7 Å². The van der Waals surface area contributed by atoms with E-state index in [2.05, 4.69) is 39.0 Å². The minimum absolute atomic E-state index is 0.278. The highest BCUT2D eigenvalue weighted by Gasteiger charge is 2.06. The van der Waals surface area contributed by atoms with E-state index in [9.17, 15) is 4.79 Å². The molecule has 0 aliphatic rings. The molecule has 0 N–H and O–H groups in total. The average Bonchev–Trinajstić information content (AvgIpc) is 2.12. The maximum Gasteiger partial charge on any atom is 0.130 e. The van der Waals surface area contributed by atoms with Crippen molar-refractivity contribution in [2.75, 3.05) is 0 Å². The molecule has 0 amide bonds. The first kappa shape index (κ1) is 13.3. The molecular weight excluding hydrogens is 216 g/mol. The van der Waals surface area contributed by atoms with Crippen LogP contribution in [0.3, 0.4) is 0 Å². The van der Waals surface area contributed by atoms with Gasteiger partial charge in [0.1, 0.15) is 5.78 Å². The Hall–Kier alpha value is -0.760. The Labute approximate surface area is 103 Å². The summed E-state index contributed by atoms with van der Waals surface area (Å²) < 4.78 is 0. The van der Waals surface area contributed by atoms with Gasteiger partial charge in [0.15, 0.2) is 0 Å². The molecule has 0 bridgehead atoms. The van der Waals surface area contributed by atoms with Crippen molar-refractivity contribution in [1.29, 1.82) is 0 Å². The maximum atomic E-state index is 11.0. The zero-order chi connectivity index (χ0) is 12.1. The zero-order valence-corrected chi connectivity index (χ0v) is 11.4. The standard InChI is InChI=1S/C14H20OS/c1-10-5-11(2)7-14(6-10)9-16-13(4)8-12(3)15/h5-7,13H,8-9H2,1-4H3. The van der Waals surface area contributed by atoms with Crippen molar-refractivity contribution in [3.8, 4) is 0 Å². The van der Waals surface area contributed by atoms with Gasteiger partial charge in [-0.25, -0.2) is 0 Å². The first-order valence-electron chi connectivity index (χ1n) is 5.65. The van der Waals surface area contributed by atoms with E-state index in [4.69, 9.17) is 0 Å². The van der Waals surface area contributed by atoms with E-state index in [0.29, 0.717) is 11.7 Å². The summed E-state index contributed by atoms with van der Waals surface area (Å²) in [6.45, 7) is 8.03. The van der Waals surface area contributed by atoms with Crippen LogP contribution in [-0.4, -0.2) is 11.0 Å². The first-order valence-corrected chi connectivity index (χ1v) is 6.70. The third kappa shape index (κ3) is 4.84. The molecule has 0 aliphatic heterocycles. The molecular formula is C14H20OS.